The minimum Gasteiger partial charge on any atom is -0.476 e. The Balaban J connectivity index is 1.61. The van der Waals surface area contributed by atoms with E-state index in [0.717, 1.165) is 18.8 Å². The van der Waals surface area contributed by atoms with Gasteiger partial charge in [-0.2, -0.15) is 0 Å². The average molecular weight is 411 g/mol. The Kier molecular flexibility index (Phi) is 8.02. The molecule has 162 valence electrons. The minimum absolute atomic E-state index is 0.198. The molecule has 0 bridgehead atoms. The molecular weight excluding hydrogens is 381 g/mol. The van der Waals surface area contributed by atoms with Crippen LogP contribution in [0.5, 0.6) is 5.88 Å². The molecule has 3 rings (SSSR count). The maximum atomic E-state index is 12.6. The summed E-state index contributed by atoms with van der Waals surface area (Å²) in [5.74, 6) is 0.506. The zero-order valence-electron chi connectivity index (χ0n) is 17.1. The highest BCUT2D eigenvalue weighted by Gasteiger charge is 2.30. The Labute approximate surface area is 170 Å². The van der Waals surface area contributed by atoms with E-state index in [9.17, 15) is 9.18 Å². The molecule has 1 N–H and O–H groups in total. The lowest BCUT2D eigenvalue weighted by molar-refractivity contribution is -0.0514. The van der Waals surface area contributed by atoms with Gasteiger partial charge in [-0.15, -0.1) is 0 Å². The molecule has 29 heavy (non-hydrogen) atoms. The summed E-state index contributed by atoms with van der Waals surface area (Å²) in [5, 5.41) is 2.85. The quantitative estimate of drug-likeness (QED) is 0.521. The van der Waals surface area contributed by atoms with Crippen LogP contribution in [0.1, 0.15) is 23.8 Å². The Bertz CT molecular complexity index is 668. The number of hydrogen-bond donors (Lipinski definition) is 1. The number of carbonyl (C=O) groups is 1. The Hall–Kier alpha value is -1.97. The first-order chi connectivity index (χ1) is 14.1. The number of rotatable bonds is 12. The number of ether oxygens (including phenoxy) is 4. The van der Waals surface area contributed by atoms with Crippen molar-refractivity contribution < 1.29 is 28.1 Å². The molecule has 8 nitrogen and oxygen atoms in total. The van der Waals surface area contributed by atoms with E-state index in [1.54, 1.807) is 13.2 Å². The lowest BCUT2D eigenvalue weighted by Crippen LogP contribution is -2.52. The maximum Gasteiger partial charge on any atom is 0.270 e. The van der Waals surface area contributed by atoms with Gasteiger partial charge in [-0.3, -0.25) is 9.18 Å². The van der Waals surface area contributed by atoms with Crippen molar-refractivity contribution in [1.29, 1.82) is 0 Å². The van der Waals surface area contributed by atoms with Crippen molar-refractivity contribution in [2.24, 2.45) is 5.92 Å². The smallest absolute Gasteiger partial charge is 0.270 e. The third kappa shape index (κ3) is 6.01. The fourth-order valence-electron chi connectivity index (χ4n) is 3.02. The van der Waals surface area contributed by atoms with Gasteiger partial charge in [-0.05, 0) is 25.5 Å². The van der Waals surface area contributed by atoms with Gasteiger partial charge in [0.15, 0.2) is 0 Å². The van der Waals surface area contributed by atoms with Crippen LogP contribution in [0.4, 0.5) is 10.1 Å². The van der Waals surface area contributed by atoms with Gasteiger partial charge in [0.2, 0.25) is 5.88 Å². The van der Waals surface area contributed by atoms with Crippen LogP contribution >= 0.6 is 0 Å². The number of anilines is 1. The number of amides is 1. The van der Waals surface area contributed by atoms with Crippen molar-refractivity contribution in [3.05, 3.63) is 17.8 Å². The largest absolute Gasteiger partial charge is 0.476 e. The number of nitrogens with one attached hydrogen (secondary N) is 1. The maximum absolute atomic E-state index is 12.6. The molecule has 0 radical (unpaired) electrons. The van der Waals surface area contributed by atoms with Crippen LogP contribution < -0.4 is 15.0 Å². The van der Waals surface area contributed by atoms with Crippen LogP contribution in [0.25, 0.3) is 0 Å². The minimum atomic E-state index is -0.408. The van der Waals surface area contributed by atoms with Crippen LogP contribution in [0.3, 0.4) is 0 Å². The van der Waals surface area contributed by atoms with Gasteiger partial charge in [0.1, 0.15) is 11.4 Å². The number of methoxy groups -OCH3 is 1. The van der Waals surface area contributed by atoms with Gasteiger partial charge in [0, 0.05) is 38.8 Å². The van der Waals surface area contributed by atoms with Crippen molar-refractivity contribution in [2.45, 2.75) is 25.5 Å². The van der Waals surface area contributed by atoms with E-state index in [0.29, 0.717) is 51.3 Å². The number of aromatic nitrogens is 1. The van der Waals surface area contributed by atoms with Gasteiger partial charge in [0.25, 0.3) is 5.91 Å². The van der Waals surface area contributed by atoms with Crippen LogP contribution in [-0.4, -0.2) is 82.9 Å². The predicted octanol–water partition coefficient (Wildman–Crippen LogP) is 1.44. The molecule has 2 saturated heterocycles. The third-order valence-electron chi connectivity index (χ3n) is 4.93. The Morgan fingerprint density at radius 3 is 2.86 bits per heavy atom. The zero-order valence-corrected chi connectivity index (χ0v) is 17.1. The normalized spacial score (nSPS) is 18.1. The van der Waals surface area contributed by atoms with E-state index in [-0.39, 0.29) is 23.7 Å². The molecule has 3 heterocycles. The average Bonchev–Trinajstić information content (AvgIpc) is 2.64. The van der Waals surface area contributed by atoms with Crippen LogP contribution in [-0.2, 0) is 14.2 Å². The number of pyridine rings is 1. The lowest BCUT2D eigenvalue weighted by Gasteiger charge is -2.40. The first-order valence-electron chi connectivity index (χ1n) is 10.0. The van der Waals surface area contributed by atoms with Crippen molar-refractivity contribution in [2.75, 3.05) is 64.8 Å². The summed E-state index contributed by atoms with van der Waals surface area (Å²) in [6.07, 6.45) is 0.556. The summed E-state index contributed by atoms with van der Waals surface area (Å²) in [5.41, 5.74) is 1.14. The van der Waals surface area contributed by atoms with Gasteiger partial charge in [-0.1, -0.05) is 0 Å². The SMILES string of the molecule is COC1CN(c2ccc(C(=O)N[C@@H](C)COCCCF)nc2OCC2COC2)C1. The molecule has 0 saturated carbocycles. The van der Waals surface area contributed by atoms with E-state index >= 15 is 0 Å². The summed E-state index contributed by atoms with van der Waals surface area (Å²) in [6, 6.07) is 3.35. The highest BCUT2D eigenvalue weighted by Crippen LogP contribution is 2.31. The molecule has 2 fully saturated rings. The first-order valence-corrected chi connectivity index (χ1v) is 10.0. The van der Waals surface area contributed by atoms with E-state index in [1.165, 1.54) is 0 Å². The van der Waals surface area contributed by atoms with Crippen molar-refractivity contribution in [1.82, 2.24) is 10.3 Å². The molecule has 0 aliphatic carbocycles. The topological polar surface area (TPSA) is 82.2 Å². The van der Waals surface area contributed by atoms with Gasteiger partial charge < -0.3 is 29.2 Å². The molecule has 0 aromatic carbocycles. The number of carbonyl (C=O) groups excluding carboxylic acids is 1. The monoisotopic (exact) mass is 411 g/mol. The fourth-order valence-corrected chi connectivity index (χ4v) is 3.02. The number of hydrogen-bond acceptors (Lipinski definition) is 7. The van der Waals surface area contributed by atoms with Crippen LogP contribution in [0.15, 0.2) is 12.1 Å². The summed E-state index contributed by atoms with van der Waals surface area (Å²) < 4.78 is 33.9. The molecule has 0 unspecified atom stereocenters. The van der Waals surface area contributed by atoms with Gasteiger partial charge >= 0.3 is 0 Å². The van der Waals surface area contributed by atoms with E-state index < -0.39 is 6.67 Å². The standard InChI is InChI=1S/C20H30FN3O5/c1-14(10-27-7-3-6-21)22-19(25)17-4-5-18(24-8-16(9-24)26-2)20(23-17)29-13-15-11-28-12-15/h4-5,14-16H,3,6-13H2,1-2H3,(H,22,25)/t14-/m0/s1. The summed E-state index contributed by atoms with van der Waals surface area (Å²) in [4.78, 5) is 19.2. The van der Waals surface area contributed by atoms with Crippen molar-refractivity contribution in [3.8, 4) is 5.88 Å². The molecule has 0 spiro atoms. The van der Waals surface area contributed by atoms with Crippen LogP contribution in [0, 0.1) is 5.92 Å². The Morgan fingerprint density at radius 1 is 1.41 bits per heavy atom. The van der Waals surface area contributed by atoms with Crippen molar-refractivity contribution in [3.63, 3.8) is 0 Å². The zero-order chi connectivity index (χ0) is 20.6. The third-order valence-corrected chi connectivity index (χ3v) is 4.93. The molecule has 1 amide bonds. The van der Waals surface area contributed by atoms with E-state index in [2.05, 4.69) is 15.2 Å². The summed E-state index contributed by atoms with van der Waals surface area (Å²) in [6.45, 7) is 5.49. The van der Waals surface area contributed by atoms with E-state index in [4.69, 9.17) is 18.9 Å². The first kappa shape index (κ1) is 21.7. The number of halogens is 1. The number of alkyl halides is 1. The molecule has 2 aliphatic rings. The molecule has 9 heteroatoms. The Morgan fingerprint density at radius 2 is 2.21 bits per heavy atom. The summed E-state index contributed by atoms with van der Waals surface area (Å²) >= 11 is 0. The second-order valence-corrected chi connectivity index (χ2v) is 7.49. The highest BCUT2D eigenvalue weighted by molar-refractivity contribution is 5.93. The van der Waals surface area contributed by atoms with E-state index in [1.807, 2.05) is 13.0 Å². The highest BCUT2D eigenvalue weighted by atomic mass is 19.1. The van der Waals surface area contributed by atoms with Crippen LogP contribution in [0.2, 0.25) is 0 Å². The van der Waals surface area contributed by atoms with Gasteiger partial charge in [-0.25, -0.2) is 4.98 Å². The lowest BCUT2D eigenvalue weighted by atomic mass is 10.1. The summed E-state index contributed by atoms with van der Waals surface area (Å²) in [7, 11) is 1.70. The second-order valence-electron chi connectivity index (χ2n) is 7.49. The molecule has 1 aromatic heterocycles. The molecule has 2 aliphatic heterocycles. The fraction of sp³-hybridized carbons (Fsp3) is 0.700. The molecule has 1 atom stereocenters. The van der Waals surface area contributed by atoms with Gasteiger partial charge in [0.05, 0.1) is 39.2 Å². The molecular formula is C20H30FN3O5. The number of nitrogens with zero attached hydrogens (tertiary/aromatic N) is 2. The second kappa shape index (κ2) is 10.7. The van der Waals surface area contributed by atoms with Crippen molar-refractivity contribution >= 4 is 11.6 Å². The predicted molar refractivity (Wildman–Crippen MR) is 105 cm³/mol. The molecule has 1 aromatic rings.